The Labute approximate surface area is 194 Å². The highest BCUT2D eigenvalue weighted by atomic mass is 16.5. The molecule has 2 aliphatic heterocycles. The molecule has 2 aromatic heterocycles. The summed E-state index contributed by atoms with van der Waals surface area (Å²) in [6, 6.07) is 7.32. The molecule has 1 fully saturated rings. The van der Waals surface area contributed by atoms with Crippen LogP contribution in [-0.4, -0.2) is 72.2 Å². The van der Waals surface area contributed by atoms with E-state index in [0.717, 1.165) is 49.3 Å². The van der Waals surface area contributed by atoms with E-state index in [1.54, 1.807) is 24.3 Å². The van der Waals surface area contributed by atoms with Gasteiger partial charge in [0.25, 0.3) is 0 Å². The van der Waals surface area contributed by atoms with Crippen molar-refractivity contribution in [3.8, 4) is 5.88 Å². The molecule has 176 valence electrons. The zero-order chi connectivity index (χ0) is 23.2. The molecule has 4 rings (SSSR count). The Balaban J connectivity index is 1.37. The van der Waals surface area contributed by atoms with E-state index in [9.17, 15) is 9.59 Å². The monoisotopic (exact) mass is 453 g/mol. The molecular formula is C24H31N5O4. The van der Waals surface area contributed by atoms with Crippen molar-refractivity contribution in [2.75, 3.05) is 45.7 Å². The quantitative estimate of drug-likeness (QED) is 0.583. The van der Waals surface area contributed by atoms with E-state index in [2.05, 4.69) is 22.4 Å². The summed E-state index contributed by atoms with van der Waals surface area (Å²) in [5.74, 6) is 1.12. The van der Waals surface area contributed by atoms with E-state index in [1.165, 1.54) is 12.7 Å². The summed E-state index contributed by atoms with van der Waals surface area (Å²) in [5.41, 5.74) is 3.10. The number of carbonyl (C=O) groups is 2. The average Bonchev–Trinajstić information content (AvgIpc) is 3.22. The van der Waals surface area contributed by atoms with E-state index in [0.29, 0.717) is 25.5 Å². The second-order valence-corrected chi connectivity index (χ2v) is 8.34. The molecule has 0 spiro atoms. The molecule has 0 aliphatic carbocycles. The van der Waals surface area contributed by atoms with Crippen molar-refractivity contribution in [2.45, 2.75) is 38.1 Å². The first kappa shape index (κ1) is 22.8. The van der Waals surface area contributed by atoms with Gasteiger partial charge in [-0.15, -0.1) is 0 Å². The standard InChI is InChI=1S/C24H31N5O4/c1-32-21-10-8-18(16-26-21)20(15-22(30)33-2)29-14-13-28(24(29)31)12-4-6-19-9-7-17-5-3-11-25-23(17)27-19/h7-10,16,20H,3-6,11-15H2,1-2H3,(H,25,27)/t20-/m0/s1. The van der Waals surface area contributed by atoms with Crippen molar-refractivity contribution in [1.82, 2.24) is 19.8 Å². The van der Waals surface area contributed by atoms with Crippen LogP contribution in [0, 0.1) is 0 Å². The predicted molar refractivity (Wildman–Crippen MR) is 123 cm³/mol. The number of hydrogen-bond donors (Lipinski definition) is 1. The average molecular weight is 454 g/mol. The molecule has 2 aliphatic rings. The second-order valence-electron chi connectivity index (χ2n) is 8.34. The first-order valence-corrected chi connectivity index (χ1v) is 11.4. The maximum atomic E-state index is 13.2. The van der Waals surface area contributed by atoms with Crippen molar-refractivity contribution in [1.29, 1.82) is 0 Å². The highest BCUT2D eigenvalue weighted by Gasteiger charge is 2.35. The van der Waals surface area contributed by atoms with Crippen molar-refractivity contribution in [2.24, 2.45) is 0 Å². The number of ether oxygens (including phenoxy) is 2. The van der Waals surface area contributed by atoms with Crippen molar-refractivity contribution < 1.29 is 19.1 Å². The Bertz CT molecular complexity index is 981. The molecule has 4 heterocycles. The second kappa shape index (κ2) is 10.5. The number of fused-ring (bicyclic) bond motifs is 1. The lowest BCUT2D eigenvalue weighted by molar-refractivity contribution is -0.141. The normalized spacial score (nSPS) is 16.2. The van der Waals surface area contributed by atoms with Gasteiger partial charge in [-0.2, -0.15) is 0 Å². The van der Waals surface area contributed by atoms with Gasteiger partial charge in [-0.25, -0.2) is 14.8 Å². The maximum Gasteiger partial charge on any atom is 0.320 e. The fourth-order valence-corrected chi connectivity index (χ4v) is 4.42. The molecule has 9 heteroatoms. The van der Waals surface area contributed by atoms with Gasteiger partial charge in [-0.05, 0) is 42.9 Å². The van der Waals surface area contributed by atoms with Crippen LogP contribution in [0.5, 0.6) is 5.88 Å². The number of anilines is 1. The summed E-state index contributed by atoms with van der Waals surface area (Å²) in [4.78, 5) is 37.8. The number of nitrogens with zero attached hydrogens (tertiary/aromatic N) is 4. The molecule has 9 nitrogen and oxygen atoms in total. The summed E-state index contributed by atoms with van der Waals surface area (Å²) in [7, 11) is 2.90. The van der Waals surface area contributed by atoms with Crippen LogP contribution < -0.4 is 10.1 Å². The van der Waals surface area contributed by atoms with E-state index in [4.69, 9.17) is 14.5 Å². The molecular weight excluding hydrogens is 422 g/mol. The van der Waals surface area contributed by atoms with Crippen LogP contribution in [-0.2, 0) is 22.4 Å². The van der Waals surface area contributed by atoms with Crippen LogP contribution >= 0.6 is 0 Å². The smallest absolute Gasteiger partial charge is 0.320 e. The summed E-state index contributed by atoms with van der Waals surface area (Å²) >= 11 is 0. The number of aromatic nitrogens is 2. The predicted octanol–water partition coefficient (Wildman–Crippen LogP) is 2.82. The molecule has 0 bridgehead atoms. The van der Waals surface area contributed by atoms with Crippen molar-refractivity contribution in [3.63, 3.8) is 0 Å². The Morgan fingerprint density at radius 2 is 2.09 bits per heavy atom. The number of aryl methyl sites for hydroxylation is 2. The van der Waals surface area contributed by atoms with E-state index >= 15 is 0 Å². The van der Waals surface area contributed by atoms with Gasteiger partial charge in [-0.1, -0.05) is 12.1 Å². The third kappa shape index (κ3) is 5.35. The molecule has 1 saturated heterocycles. The van der Waals surface area contributed by atoms with Crippen LogP contribution in [0.2, 0.25) is 0 Å². The number of hydrogen-bond acceptors (Lipinski definition) is 7. The van der Waals surface area contributed by atoms with Gasteiger partial charge in [-0.3, -0.25) is 4.79 Å². The Morgan fingerprint density at radius 3 is 2.85 bits per heavy atom. The van der Waals surface area contributed by atoms with Crippen molar-refractivity contribution >= 4 is 17.8 Å². The van der Waals surface area contributed by atoms with Gasteiger partial charge in [0.2, 0.25) is 5.88 Å². The third-order valence-electron chi connectivity index (χ3n) is 6.26. The number of rotatable bonds is 9. The number of nitrogens with one attached hydrogen (secondary N) is 1. The molecule has 0 aromatic carbocycles. The summed E-state index contributed by atoms with van der Waals surface area (Å²) in [6.07, 6.45) is 5.59. The number of esters is 1. The van der Waals surface area contributed by atoms with E-state index in [1.807, 2.05) is 11.0 Å². The van der Waals surface area contributed by atoms with Gasteiger partial charge < -0.3 is 24.6 Å². The van der Waals surface area contributed by atoms with Crippen LogP contribution in [0.15, 0.2) is 30.5 Å². The molecule has 1 N–H and O–H groups in total. The molecule has 0 radical (unpaired) electrons. The van der Waals surface area contributed by atoms with Crippen LogP contribution in [0.1, 0.15) is 42.1 Å². The van der Waals surface area contributed by atoms with Crippen LogP contribution in [0.4, 0.5) is 10.6 Å². The van der Waals surface area contributed by atoms with Gasteiger partial charge >= 0.3 is 12.0 Å². The first-order valence-electron chi connectivity index (χ1n) is 11.4. The lowest BCUT2D eigenvalue weighted by Crippen LogP contribution is -2.36. The molecule has 33 heavy (non-hydrogen) atoms. The lowest BCUT2D eigenvalue weighted by atomic mass is 10.0. The Morgan fingerprint density at radius 1 is 1.21 bits per heavy atom. The summed E-state index contributed by atoms with van der Waals surface area (Å²) in [6.45, 7) is 2.79. The largest absolute Gasteiger partial charge is 0.481 e. The molecule has 2 aromatic rings. The SMILES string of the molecule is COC(=O)C[C@@H](c1ccc(OC)nc1)N1CCN(CCCc2ccc3c(n2)NCCC3)C1=O. The molecule has 2 amide bonds. The summed E-state index contributed by atoms with van der Waals surface area (Å²) in [5, 5.41) is 3.37. The highest BCUT2D eigenvalue weighted by Crippen LogP contribution is 2.29. The van der Waals surface area contributed by atoms with Crippen LogP contribution in [0.3, 0.4) is 0 Å². The minimum Gasteiger partial charge on any atom is -0.481 e. The number of carbonyl (C=O) groups excluding carboxylic acids is 2. The molecule has 0 unspecified atom stereocenters. The Kier molecular flexibility index (Phi) is 7.26. The first-order chi connectivity index (χ1) is 16.1. The molecule has 0 saturated carbocycles. The zero-order valence-corrected chi connectivity index (χ0v) is 19.2. The van der Waals surface area contributed by atoms with E-state index < -0.39 is 6.04 Å². The molecule has 1 atom stereocenters. The van der Waals surface area contributed by atoms with Crippen molar-refractivity contribution in [3.05, 3.63) is 47.3 Å². The number of methoxy groups -OCH3 is 2. The number of pyridine rings is 2. The van der Waals surface area contributed by atoms with Gasteiger partial charge in [0, 0.05) is 44.1 Å². The number of urea groups is 1. The topological polar surface area (TPSA) is 96.9 Å². The van der Waals surface area contributed by atoms with Gasteiger partial charge in [0.05, 0.1) is 26.7 Å². The fraction of sp³-hybridized carbons (Fsp3) is 0.500. The Hall–Kier alpha value is -3.36. The van der Waals surface area contributed by atoms with Gasteiger partial charge in [0.15, 0.2) is 0 Å². The minimum atomic E-state index is -0.429. The fourth-order valence-electron chi connectivity index (χ4n) is 4.42. The third-order valence-corrected chi connectivity index (χ3v) is 6.26. The van der Waals surface area contributed by atoms with Crippen LogP contribution in [0.25, 0.3) is 0 Å². The van der Waals surface area contributed by atoms with E-state index in [-0.39, 0.29) is 18.4 Å². The van der Waals surface area contributed by atoms with Gasteiger partial charge in [0.1, 0.15) is 5.82 Å². The highest BCUT2D eigenvalue weighted by molar-refractivity contribution is 5.78. The number of amides is 2. The summed E-state index contributed by atoms with van der Waals surface area (Å²) < 4.78 is 10.0. The maximum absolute atomic E-state index is 13.2. The minimum absolute atomic E-state index is 0.0696. The lowest BCUT2D eigenvalue weighted by Gasteiger charge is -2.27. The zero-order valence-electron chi connectivity index (χ0n) is 19.2.